The molecule has 6 nitrogen and oxygen atoms in total. The van der Waals surface area contributed by atoms with E-state index in [1.807, 2.05) is 19.1 Å². The molecule has 2 aromatic carbocycles. The van der Waals surface area contributed by atoms with Gasteiger partial charge >= 0.3 is 0 Å². The number of nitrogens with one attached hydrogen (secondary N) is 2. The lowest BCUT2D eigenvalue weighted by atomic mass is 10.1. The van der Waals surface area contributed by atoms with Gasteiger partial charge in [-0.3, -0.25) is 9.89 Å². The van der Waals surface area contributed by atoms with E-state index in [0.717, 1.165) is 30.8 Å². The number of sulfone groups is 1. The number of aliphatic imine (C=N–C) groups is 1. The molecular formula is C23H34N4O2S. The van der Waals surface area contributed by atoms with Crippen molar-refractivity contribution in [2.75, 3.05) is 26.4 Å². The fourth-order valence-electron chi connectivity index (χ4n) is 3.30. The lowest BCUT2D eigenvalue weighted by Gasteiger charge is -2.18. The minimum Gasteiger partial charge on any atom is -0.352 e. The molecule has 0 aliphatic carbocycles. The third-order valence-corrected chi connectivity index (χ3v) is 6.36. The molecule has 0 aromatic heterocycles. The maximum absolute atomic E-state index is 11.8. The summed E-state index contributed by atoms with van der Waals surface area (Å²) in [4.78, 5) is 7.03. The van der Waals surface area contributed by atoms with Crippen LogP contribution in [-0.4, -0.2) is 45.7 Å². The van der Waals surface area contributed by atoms with Crippen LogP contribution in [0.4, 0.5) is 0 Å². The minimum atomic E-state index is -3.20. The van der Waals surface area contributed by atoms with Crippen LogP contribution in [0.5, 0.6) is 0 Å². The predicted octanol–water partition coefficient (Wildman–Crippen LogP) is 3.11. The van der Waals surface area contributed by atoms with E-state index in [2.05, 4.69) is 58.6 Å². The van der Waals surface area contributed by atoms with E-state index in [0.29, 0.717) is 23.9 Å². The van der Waals surface area contributed by atoms with E-state index < -0.39 is 9.84 Å². The Morgan fingerprint density at radius 2 is 1.47 bits per heavy atom. The summed E-state index contributed by atoms with van der Waals surface area (Å²) in [5.41, 5.74) is 4.26. The van der Waals surface area contributed by atoms with Crippen molar-refractivity contribution < 1.29 is 8.42 Å². The highest BCUT2D eigenvalue weighted by atomic mass is 32.2. The average molecular weight is 431 g/mol. The first-order valence-electron chi connectivity index (χ1n) is 10.3. The van der Waals surface area contributed by atoms with Crippen molar-refractivity contribution in [3.63, 3.8) is 0 Å². The third-order valence-electron chi connectivity index (χ3n) is 5.11. The molecule has 0 radical (unpaired) electrons. The number of hydrogen-bond donors (Lipinski definition) is 2. The van der Waals surface area contributed by atoms with Crippen molar-refractivity contribution in [2.45, 2.75) is 45.3 Å². The summed E-state index contributed by atoms with van der Waals surface area (Å²) < 4.78 is 23.5. The molecule has 0 amide bonds. The Hall–Kier alpha value is -2.38. The van der Waals surface area contributed by atoms with Gasteiger partial charge in [0.05, 0.1) is 4.90 Å². The summed E-state index contributed by atoms with van der Waals surface area (Å²) in [7, 11) is -1.46. The Morgan fingerprint density at radius 3 is 1.97 bits per heavy atom. The molecule has 0 atom stereocenters. The number of benzene rings is 2. The second-order valence-corrected chi connectivity index (χ2v) is 9.41. The fraction of sp³-hybridized carbons (Fsp3) is 0.435. The van der Waals surface area contributed by atoms with Gasteiger partial charge in [-0.15, -0.1) is 0 Å². The first kappa shape index (κ1) is 23.9. The lowest BCUT2D eigenvalue weighted by Crippen LogP contribution is -2.36. The van der Waals surface area contributed by atoms with Crippen LogP contribution in [0.1, 0.15) is 36.1 Å². The molecule has 7 heteroatoms. The maximum atomic E-state index is 11.8. The monoisotopic (exact) mass is 430 g/mol. The quantitative estimate of drug-likeness (QED) is 0.472. The second-order valence-electron chi connectivity index (χ2n) is 7.43. The van der Waals surface area contributed by atoms with Gasteiger partial charge in [0.1, 0.15) is 0 Å². The van der Waals surface area contributed by atoms with Crippen molar-refractivity contribution in [1.82, 2.24) is 15.5 Å². The van der Waals surface area contributed by atoms with E-state index in [4.69, 9.17) is 0 Å². The van der Waals surface area contributed by atoms with Crippen LogP contribution < -0.4 is 10.6 Å². The van der Waals surface area contributed by atoms with Crippen LogP contribution in [0, 0.1) is 6.92 Å². The van der Waals surface area contributed by atoms with E-state index in [1.54, 1.807) is 13.1 Å². The first-order valence-corrected chi connectivity index (χ1v) is 12.2. The zero-order chi connectivity index (χ0) is 22.1. The summed E-state index contributed by atoms with van der Waals surface area (Å²) in [5, 5.41) is 6.60. The van der Waals surface area contributed by atoms with Crippen molar-refractivity contribution in [1.29, 1.82) is 0 Å². The average Bonchev–Trinajstić information content (AvgIpc) is 2.72. The highest BCUT2D eigenvalue weighted by molar-refractivity contribution is 7.90. The molecule has 0 bridgehead atoms. The summed E-state index contributed by atoms with van der Waals surface area (Å²) in [6.07, 6.45) is 1.23. The van der Waals surface area contributed by atoms with Gasteiger partial charge in [0.2, 0.25) is 0 Å². The van der Waals surface area contributed by atoms with Crippen molar-refractivity contribution in [3.8, 4) is 0 Å². The number of aryl methyl sites for hydroxylation is 1. The number of rotatable bonds is 9. The Bertz CT molecular complexity index is 950. The molecule has 0 unspecified atom stereocenters. The standard InChI is InChI=1S/C23H34N4O2S/c1-6-27(7-2)17-20-10-8-19(9-11-20)15-25-23(24-4)26-16-21-12-13-22(18(3)14-21)30(5,28)29/h8-14H,6-7,15-17H2,1-5H3,(H2,24,25,26). The van der Waals surface area contributed by atoms with Crippen LogP contribution in [0.15, 0.2) is 52.4 Å². The lowest BCUT2D eigenvalue weighted by molar-refractivity contribution is 0.296. The minimum absolute atomic E-state index is 0.373. The van der Waals surface area contributed by atoms with Gasteiger partial charge in [0, 0.05) is 32.9 Å². The molecule has 0 heterocycles. The zero-order valence-electron chi connectivity index (χ0n) is 18.7. The maximum Gasteiger partial charge on any atom is 0.191 e. The molecule has 0 fully saturated rings. The van der Waals surface area contributed by atoms with Crippen LogP contribution >= 0.6 is 0 Å². The van der Waals surface area contributed by atoms with Gasteiger partial charge < -0.3 is 10.6 Å². The van der Waals surface area contributed by atoms with Gasteiger partial charge in [-0.25, -0.2) is 8.42 Å². The van der Waals surface area contributed by atoms with E-state index >= 15 is 0 Å². The molecule has 2 N–H and O–H groups in total. The molecule has 2 aromatic rings. The predicted molar refractivity (Wildman–Crippen MR) is 124 cm³/mol. The summed E-state index contributed by atoms with van der Waals surface area (Å²) >= 11 is 0. The second kappa shape index (κ2) is 11.1. The topological polar surface area (TPSA) is 73.8 Å². The Labute approximate surface area is 181 Å². The summed E-state index contributed by atoms with van der Waals surface area (Å²) in [6.45, 7) is 10.5. The van der Waals surface area contributed by atoms with Crippen molar-refractivity contribution in [3.05, 3.63) is 64.7 Å². The highest BCUT2D eigenvalue weighted by Crippen LogP contribution is 2.16. The van der Waals surface area contributed by atoms with E-state index in [-0.39, 0.29) is 0 Å². The molecule has 2 rings (SSSR count). The molecule has 0 aliphatic heterocycles. The van der Waals surface area contributed by atoms with Crippen LogP contribution in [0.2, 0.25) is 0 Å². The molecule has 0 aliphatic rings. The van der Waals surface area contributed by atoms with Gasteiger partial charge in [-0.2, -0.15) is 0 Å². The third kappa shape index (κ3) is 7.15. The van der Waals surface area contributed by atoms with Crippen LogP contribution in [0.25, 0.3) is 0 Å². The molecule has 0 saturated carbocycles. The Kier molecular flexibility index (Phi) is 8.87. The van der Waals surface area contributed by atoms with E-state index in [1.165, 1.54) is 17.4 Å². The van der Waals surface area contributed by atoms with Crippen molar-refractivity contribution in [2.24, 2.45) is 4.99 Å². The largest absolute Gasteiger partial charge is 0.352 e. The van der Waals surface area contributed by atoms with Gasteiger partial charge in [-0.05, 0) is 48.3 Å². The normalized spacial score (nSPS) is 12.3. The highest BCUT2D eigenvalue weighted by Gasteiger charge is 2.11. The first-order chi connectivity index (χ1) is 14.3. The molecule has 0 saturated heterocycles. The Balaban J connectivity index is 1.89. The zero-order valence-corrected chi connectivity index (χ0v) is 19.5. The fourth-order valence-corrected chi connectivity index (χ4v) is 4.26. The molecule has 0 spiro atoms. The molecule has 30 heavy (non-hydrogen) atoms. The van der Waals surface area contributed by atoms with Gasteiger partial charge in [0.25, 0.3) is 0 Å². The SMILES string of the molecule is CCN(CC)Cc1ccc(CNC(=NC)NCc2ccc(S(C)(=O)=O)c(C)c2)cc1. The number of guanidine groups is 1. The number of nitrogens with zero attached hydrogens (tertiary/aromatic N) is 2. The number of hydrogen-bond acceptors (Lipinski definition) is 4. The van der Waals surface area contributed by atoms with E-state index in [9.17, 15) is 8.42 Å². The summed E-state index contributed by atoms with van der Waals surface area (Å²) in [6, 6.07) is 14.0. The molecule has 164 valence electrons. The Morgan fingerprint density at radius 1 is 0.933 bits per heavy atom. The van der Waals surface area contributed by atoms with Gasteiger partial charge in [0.15, 0.2) is 15.8 Å². The van der Waals surface area contributed by atoms with Crippen LogP contribution in [0.3, 0.4) is 0 Å². The van der Waals surface area contributed by atoms with Gasteiger partial charge in [-0.1, -0.05) is 50.2 Å². The summed E-state index contributed by atoms with van der Waals surface area (Å²) in [5.74, 6) is 0.701. The van der Waals surface area contributed by atoms with Crippen molar-refractivity contribution >= 4 is 15.8 Å². The molecular weight excluding hydrogens is 396 g/mol. The smallest absolute Gasteiger partial charge is 0.191 e. The van der Waals surface area contributed by atoms with Crippen LogP contribution in [-0.2, 0) is 29.5 Å².